The van der Waals surface area contributed by atoms with E-state index in [2.05, 4.69) is 15.1 Å². The van der Waals surface area contributed by atoms with Crippen LogP contribution in [0.25, 0.3) is 33.4 Å². The maximum absolute atomic E-state index is 14.0. The van der Waals surface area contributed by atoms with Gasteiger partial charge in [0, 0.05) is 36.5 Å². The Labute approximate surface area is 147 Å². The van der Waals surface area contributed by atoms with E-state index in [4.69, 9.17) is 4.74 Å². The van der Waals surface area contributed by atoms with E-state index in [0.29, 0.717) is 16.9 Å². The number of ether oxygens (including phenoxy) is 1. The van der Waals surface area contributed by atoms with Crippen LogP contribution >= 0.6 is 0 Å². The Morgan fingerprint density at radius 2 is 1.88 bits per heavy atom. The van der Waals surface area contributed by atoms with Crippen molar-refractivity contribution < 1.29 is 13.5 Å². The van der Waals surface area contributed by atoms with Crippen molar-refractivity contribution in [3.63, 3.8) is 0 Å². The average Bonchev–Trinajstić information content (AvgIpc) is 3.02. The number of halogens is 2. The maximum atomic E-state index is 14.0. The number of nitrogens with zero attached hydrogens (tertiary/aromatic N) is 4. The van der Waals surface area contributed by atoms with Crippen LogP contribution in [0.5, 0.6) is 5.75 Å². The molecule has 0 spiro atoms. The molecule has 0 saturated carbocycles. The van der Waals surface area contributed by atoms with E-state index in [1.165, 1.54) is 19.2 Å². The maximum Gasteiger partial charge on any atom is 0.167 e. The first kappa shape index (κ1) is 16.1. The number of aryl methyl sites for hydroxylation is 1. The lowest BCUT2D eigenvalue weighted by Gasteiger charge is -2.09. The molecule has 26 heavy (non-hydrogen) atoms. The Balaban J connectivity index is 1.98. The zero-order chi connectivity index (χ0) is 18.3. The molecule has 0 aliphatic rings. The van der Waals surface area contributed by atoms with Crippen molar-refractivity contribution in [2.24, 2.45) is 7.05 Å². The van der Waals surface area contributed by atoms with E-state index in [1.807, 2.05) is 12.3 Å². The summed E-state index contributed by atoms with van der Waals surface area (Å²) in [4.78, 5) is 8.36. The van der Waals surface area contributed by atoms with E-state index < -0.39 is 11.6 Å². The standard InChI is InChI=1S/C19H14F2N4O/c1-25-10-14(19(24-25)16-4-3-11(20)9-23-16)12-5-6-22-17-8-15(21)18(26-2)7-13(12)17/h3-10H,1-2H3. The smallest absolute Gasteiger partial charge is 0.167 e. The SMILES string of the molecule is COc1cc2c(-c3cn(C)nc3-c3ccc(F)cn3)ccnc2cc1F. The Kier molecular flexibility index (Phi) is 3.84. The van der Waals surface area contributed by atoms with Gasteiger partial charge in [-0.25, -0.2) is 8.78 Å². The van der Waals surface area contributed by atoms with Gasteiger partial charge < -0.3 is 4.74 Å². The van der Waals surface area contributed by atoms with Gasteiger partial charge >= 0.3 is 0 Å². The Morgan fingerprint density at radius 1 is 1.04 bits per heavy atom. The van der Waals surface area contributed by atoms with Gasteiger partial charge in [-0.1, -0.05) is 0 Å². The number of rotatable bonds is 3. The van der Waals surface area contributed by atoms with Crippen LogP contribution in [0.4, 0.5) is 8.78 Å². The molecule has 3 aromatic heterocycles. The van der Waals surface area contributed by atoms with E-state index in [1.54, 1.807) is 30.1 Å². The van der Waals surface area contributed by atoms with Gasteiger partial charge in [-0.3, -0.25) is 14.6 Å². The lowest BCUT2D eigenvalue weighted by molar-refractivity contribution is 0.387. The Bertz CT molecular complexity index is 1110. The molecule has 4 rings (SSSR count). The number of hydrogen-bond donors (Lipinski definition) is 0. The average molecular weight is 352 g/mol. The minimum Gasteiger partial charge on any atom is -0.494 e. The molecule has 0 fully saturated rings. The minimum atomic E-state index is -0.476. The van der Waals surface area contributed by atoms with Crippen LogP contribution in [-0.4, -0.2) is 26.9 Å². The van der Waals surface area contributed by atoms with Crippen LogP contribution in [0.1, 0.15) is 0 Å². The molecule has 130 valence electrons. The summed E-state index contributed by atoms with van der Waals surface area (Å²) in [7, 11) is 3.21. The molecule has 5 nitrogen and oxygen atoms in total. The van der Waals surface area contributed by atoms with E-state index >= 15 is 0 Å². The highest BCUT2D eigenvalue weighted by Gasteiger charge is 2.17. The van der Waals surface area contributed by atoms with Crippen molar-refractivity contribution in [3.05, 3.63) is 60.6 Å². The molecular formula is C19H14F2N4O. The molecule has 0 bridgehead atoms. The largest absolute Gasteiger partial charge is 0.494 e. The predicted octanol–water partition coefficient (Wildman–Crippen LogP) is 3.98. The van der Waals surface area contributed by atoms with Crippen molar-refractivity contribution >= 4 is 10.9 Å². The summed E-state index contributed by atoms with van der Waals surface area (Å²) in [5.74, 6) is -0.755. The second-order valence-corrected chi connectivity index (χ2v) is 5.79. The highest BCUT2D eigenvalue weighted by atomic mass is 19.1. The molecule has 0 aliphatic heterocycles. The van der Waals surface area contributed by atoms with Crippen LogP contribution in [-0.2, 0) is 7.05 Å². The molecule has 0 amide bonds. The number of aromatic nitrogens is 4. The number of pyridine rings is 2. The zero-order valence-electron chi connectivity index (χ0n) is 14.1. The van der Waals surface area contributed by atoms with Gasteiger partial charge in [-0.2, -0.15) is 5.10 Å². The van der Waals surface area contributed by atoms with Crippen LogP contribution in [0.3, 0.4) is 0 Å². The van der Waals surface area contributed by atoms with Crippen molar-refractivity contribution in [2.45, 2.75) is 0 Å². The van der Waals surface area contributed by atoms with Gasteiger partial charge in [0.05, 0.1) is 24.5 Å². The molecule has 4 aromatic rings. The van der Waals surface area contributed by atoms with Crippen molar-refractivity contribution in [2.75, 3.05) is 7.11 Å². The minimum absolute atomic E-state index is 0.136. The molecule has 0 N–H and O–H groups in total. The zero-order valence-corrected chi connectivity index (χ0v) is 14.1. The molecule has 3 heterocycles. The van der Waals surface area contributed by atoms with Gasteiger partial charge in [-0.05, 0) is 29.8 Å². The van der Waals surface area contributed by atoms with Gasteiger partial charge in [0.15, 0.2) is 11.6 Å². The molecule has 0 atom stereocenters. The van der Waals surface area contributed by atoms with Gasteiger partial charge in [0.2, 0.25) is 0 Å². The normalized spacial score (nSPS) is 11.1. The van der Waals surface area contributed by atoms with Crippen LogP contribution in [0.2, 0.25) is 0 Å². The molecular weight excluding hydrogens is 338 g/mol. The van der Waals surface area contributed by atoms with Crippen molar-refractivity contribution in [1.29, 1.82) is 0 Å². The number of benzene rings is 1. The molecule has 7 heteroatoms. The van der Waals surface area contributed by atoms with Gasteiger partial charge in [-0.15, -0.1) is 0 Å². The summed E-state index contributed by atoms with van der Waals surface area (Å²) >= 11 is 0. The second-order valence-electron chi connectivity index (χ2n) is 5.79. The summed E-state index contributed by atoms with van der Waals surface area (Å²) in [6.07, 6.45) is 4.60. The first-order valence-corrected chi connectivity index (χ1v) is 7.85. The lowest BCUT2D eigenvalue weighted by Crippen LogP contribution is -1.92. The first-order valence-electron chi connectivity index (χ1n) is 7.85. The third-order valence-corrected chi connectivity index (χ3v) is 4.10. The fraction of sp³-hybridized carbons (Fsp3) is 0.105. The summed E-state index contributed by atoms with van der Waals surface area (Å²) in [5, 5.41) is 5.18. The van der Waals surface area contributed by atoms with Gasteiger partial charge in [0.1, 0.15) is 11.5 Å². The third-order valence-electron chi connectivity index (χ3n) is 4.10. The van der Waals surface area contributed by atoms with E-state index in [9.17, 15) is 8.78 Å². The predicted molar refractivity (Wildman–Crippen MR) is 93.6 cm³/mol. The number of methoxy groups -OCH3 is 1. The lowest BCUT2D eigenvalue weighted by atomic mass is 10.00. The molecule has 0 unspecified atom stereocenters. The van der Waals surface area contributed by atoms with Gasteiger partial charge in [0.25, 0.3) is 0 Å². The van der Waals surface area contributed by atoms with Crippen molar-refractivity contribution in [3.8, 4) is 28.3 Å². The first-order chi connectivity index (χ1) is 12.6. The highest BCUT2D eigenvalue weighted by molar-refractivity contribution is 5.98. The van der Waals surface area contributed by atoms with Crippen LogP contribution in [0.15, 0.2) is 48.9 Å². The van der Waals surface area contributed by atoms with Crippen LogP contribution in [0, 0.1) is 11.6 Å². The summed E-state index contributed by atoms with van der Waals surface area (Å²) in [5.41, 5.74) is 3.24. The molecule has 0 radical (unpaired) electrons. The Morgan fingerprint density at radius 3 is 2.62 bits per heavy atom. The van der Waals surface area contributed by atoms with Crippen molar-refractivity contribution in [1.82, 2.24) is 19.7 Å². The quantitative estimate of drug-likeness (QED) is 0.560. The molecule has 0 saturated heterocycles. The fourth-order valence-corrected chi connectivity index (χ4v) is 2.93. The number of fused-ring (bicyclic) bond motifs is 1. The molecule has 0 aliphatic carbocycles. The Hall–Kier alpha value is -3.35. The second kappa shape index (κ2) is 6.18. The summed E-state index contributed by atoms with van der Waals surface area (Å²) in [6.45, 7) is 0. The highest BCUT2D eigenvalue weighted by Crippen LogP contribution is 2.36. The fourth-order valence-electron chi connectivity index (χ4n) is 2.93. The van der Waals surface area contributed by atoms with E-state index in [-0.39, 0.29) is 5.75 Å². The topological polar surface area (TPSA) is 52.8 Å². The number of hydrogen-bond acceptors (Lipinski definition) is 4. The summed E-state index contributed by atoms with van der Waals surface area (Å²) < 4.78 is 34.0. The monoisotopic (exact) mass is 352 g/mol. The third kappa shape index (κ3) is 2.67. The molecule has 1 aromatic carbocycles. The summed E-state index contributed by atoms with van der Waals surface area (Å²) in [6, 6.07) is 7.68. The van der Waals surface area contributed by atoms with E-state index in [0.717, 1.165) is 22.7 Å². The van der Waals surface area contributed by atoms with Crippen LogP contribution < -0.4 is 4.74 Å².